The molecule has 0 unspecified atom stereocenters. The van der Waals surface area contributed by atoms with E-state index in [4.69, 9.17) is 29.6 Å². The van der Waals surface area contributed by atoms with E-state index in [-0.39, 0.29) is 0 Å². The smallest absolute Gasteiger partial charge is 0.106 e. The first-order valence-electron chi connectivity index (χ1n) is 5.91. The van der Waals surface area contributed by atoms with E-state index in [0.29, 0.717) is 10.0 Å². The topological polar surface area (TPSA) is 38.0 Å². The predicted molar refractivity (Wildman–Crippen MR) is 86.5 cm³/mol. The second-order valence-electron chi connectivity index (χ2n) is 4.47. The molecule has 0 fully saturated rings. The van der Waals surface area contributed by atoms with E-state index in [1.807, 2.05) is 50.2 Å². The van der Waals surface area contributed by atoms with Crippen LogP contribution in [0.25, 0.3) is 0 Å². The fourth-order valence-electron chi connectivity index (χ4n) is 1.90. The lowest BCUT2D eigenvalue weighted by molar-refractivity contribution is 1.40. The molecule has 2 rings (SSSR count). The van der Waals surface area contributed by atoms with E-state index >= 15 is 0 Å². The van der Waals surface area contributed by atoms with Crippen molar-refractivity contribution in [2.75, 3.05) is 5.32 Å². The molecule has 0 aliphatic rings. The molecule has 0 amide bonds. The van der Waals surface area contributed by atoms with Crippen LogP contribution in [0, 0.1) is 13.8 Å². The highest BCUT2D eigenvalue weighted by Crippen LogP contribution is 2.30. The standard InChI is InChI=1S/C15H15ClN2S/c1-9-6-7-11(15(17)19)13(8-9)18-14-10(2)4-3-5-12(14)16/h3-8,18H,1-2H3,(H2,17,19). The van der Waals surface area contributed by atoms with Gasteiger partial charge in [0, 0.05) is 11.3 Å². The molecule has 19 heavy (non-hydrogen) atoms. The van der Waals surface area contributed by atoms with Gasteiger partial charge >= 0.3 is 0 Å². The highest BCUT2D eigenvalue weighted by atomic mass is 35.5. The predicted octanol–water partition coefficient (Wildman–Crippen LogP) is 4.33. The largest absolute Gasteiger partial charge is 0.389 e. The first kappa shape index (κ1) is 13.8. The van der Waals surface area contributed by atoms with Gasteiger partial charge in [-0.3, -0.25) is 0 Å². The molecule has 3 N–H and O–H groups in total. The quantitative estimate of drug-likeness (QED) is 0.826. The van der Waals surface area contributed by atoms with Crippen molar-refractivity contribution < 1.29 is 0 Å². The fraction of sp³-hybridized carbons (Fsp3) is 0.133. The van der Waals surface area contributed by atoms with Gasteiger partial charge in [-0.05, 0) is 43.2 Å². The molecule has 0 saturated heterocycles. The SMILES string of the molecule is Cc1ccc(C(N)=S)c(Nc2c(C)cccc2Cl)c1. The highest BCUT2D eigenvalue weighted by molar-refractivity contribution is 7.80. The van der Waals surface area contributed by atoms with Gasteiger partial charge in [0.05, 0.1) is 10.7 Å². The zero-order valence-electron chi connectivity index (χ0n) is 10.8. The number of para-hydroxylation sites is 1. The minimum Gasteiger partial charge on any atom is -0.389 e. The Labute approximate surface area is 123 Å². The van der Waals surface area contributed by atoms with Crippen LogP contribution in [0.5, 0.6) is 0 Å². The number of thiocarbonyl (C=S) groups is 1. The Bertz CT molecular complexity index is 618. The Hall–Kier alpha value is -1.58. The molecule has 0 bridgehead atoms. The van der Waals surface area contributed by atoms with Gasteiger partial charge in [-0.25, -0.2) is 0 Å². The van der Waals surface area contributed by atoms with Gasteiger partial charge in [0.25, 0.3) is 0 Å². The van der Waals surface area contributed by atoms with Crippen molar-refractivity contribution in [3.05, 3.63) is 58.1 Å². The summed E-state index contributed by atoms with van der Waals surface area (Å²) in [6.07, 6.45) is 0. The Morgan fingerprint density at radius 2 is 1.95 bits per heavy atom. The molecule has 0 spiro atoms. The second-order valence-corrected chi connectivity index (χ2v) is 5.32. The molecule has 0 radical (unpaired) electrons. The van der Waals surface area contributed by atoms with Crippen molar-refractivity contribution in [1.29, 1.82) is 0 Å². The van der Waals surface area contributed by atoms with Crippen molar-refractivity contribution in [3.8, 4) is 0 Å². The van der Waals surface area contributed by atoms with Crippen molar-refractivity contribution in [1.82, 2.24) is 0 Å². The maximum absolute atomic E-state index is 6.22. The highest BCUT2D eigenvalue weighted by Gasteiger charge is 2.09. The lowest BCUT2D eigenvalue weighted by atomic mass is 10.1. The minimum absolute atomic E-state index is 0.368. The first-order chi connectivity index (χ1) is 8.99. The molecule has 0 heterocycles. The summed E-state index contributed by atoms with van der Waals surface area (Å²) in [5, 5.41) is 4.01. The van der Waals surface area contributed by atoms with E-state index in [9.17, 15) is 0 Å². The number of anilines is 2. The van der Waals surface area contributed by atoms with Crippen LogP contribution in [0.4, 0.5) is 11.4 Å². The maximum atomic E-state index is 6.22. The number of hydrogen-bond donors (Lipinski definition) is 2. The molecular weight excluding hydrogens is 276 g/mol. The van der Waals surface area contributed by atoms with E-state index < -0.39 is 0 Å². The van der Waals surface area contributed by atoms with Gasteiger partial charge in [-0.2, -0.15) is 0 Å². The molecule has 98 valence electrons. The molecule has 0 saturated carbocycles. The van der Waals surface area contributed by atoms with Crippen molar-refractivity contribution in [3.63, 3.8) is 0 Å². The second kappa shape index (κ2) is 5.59. The zero-order valence-corrected chi connectivity index (χ0v) is 12.4. The molecular formula is C15H15ClN2S. The summed E-state index contributed by atoms with van der Waals surface area (Å²) < 4.78 is 0. The van der Waals surface area contributed by atoms with Gasteiger partial charge < -0.3 is 11.1 Å². The zero-order chi connectivity index (χ0) is 14.0. The Kier molecular flexibility index (Phi) is 4.08. The summed E-state index contributed by atoms with van der Waals surface area (Å²) in [5.41, 5.74) is 10.5. The molecule has 0 aromatic heterocycles. The van der Waals surface area contributed by atoms with Crippen LogP contribution in [0.3, 0.4) is 0 Å². The number of hydrogen-bond acceptors (Lipinski definition) is 2. The Balaban J connectivity index is 2.49. The lowest BCUT2D eigenvalue weighted by Crippen LogP contribution is -2.12. The summed E-state index contributed by atoms with van der Waals surface area (Å²) >= 11 is 11.3. The molecule has 2 nitrogen and oxygen atoms in total. The first-order valence-corrected chi connectivity index (χ1v) is 6.70. The molecule has 2 aromatic rings. The normalized spacial score (nSPS) is 10.3. The van der Waals surface area contributed by atoms with Crippen LogP contribution in [0.1, 0.15) is 16.7 Å². The maximum Gasteiger partial charge on any atom is 0.106 e. The average Bonchev–Trinajstić information content (AvgIpc) is 2.33. The van der Waals surface area contributed by atoms with Crippen LogP contribution in [0.15, 0.2) is 36.4 Å². The Morgan fingerprint density at radius 3 is 2.58 bits per heavy atom. The van der Waals surface area contributed by atoms with Crippen LogP contribution >= 0.6 is 23.8 Å². The molecule has 0 aliphatic carbocycles. The van der Waals surface area contributed by atoms with Crippen molar-refractivity contribution >= 4 is 40.2 Å². The van der Waals surface area contributed by atoms with Gasteiger partial charge in [0.2, 0.25) is 0 Å². The molecule has 0 atom stereocenters. The third kappa shape index (κ3) is 3.06. The van der Waals surface area contributed by atoms with Crippen LogP contribution in [0.2, 0.25) is 5.02 Å². The number of halogens is 1. The number of aryl methyl sites for hydroxylation is 2. The summed E-state index contributed by atoms with van der Waals surface area (Å²) in [5.74, 6) is 0. The molecule has 2 aromatic carbocycles. The van der Waals surface area contributed by atoms with E-state index in [0.717, 1.165) is 28.1 Å². The summed E-state index contributed by atoms with van der Waals surface area (Å²) in [4.78, 5) is 0.368. The summed E-state index contributed by atoms with van der Waals surface area (Å²) in [7, 11) is 0. The van der Waals surface area contributed by atoms with Crippen LogP contribution < -0.4 is 11.1 Å². The van der Waals surface area contributed by atoms with Crippen molar-refractivity contribution in [2.45, 2.75) is 13.8 Å². The molecule has 4 heteroatoms. The van der Waals surface area contributed by atoms with Crippen LogP contribution in [-0.2, 0) is 0 Å². The van der Waals surface area contributed by atoms with E-state index in [1.54, 1.807) is 0 Å². The molecule has 0 aliphatic heterocycles. The van der Waals surface area contributed by atoms with Gasteiger partial charge in [0.15, 0.2) is 0 Å². The lowest BCUT2D eigenvalue weighted by Gasteiger charge is -2.15. The van der Waals surface area contributed by atoms with Gasteiger partial charge in [-0.1, -0.05) is 42.0 Å². The third-order valence-corrected chi connectivity index (χ3v) is 3.46. The van der Waals surface area contributed by atoms with Crippen LogP contribution in [-0.4, -0.2) is 4.99 Å². The minimum atomic E-state index is 0.368. The number of benzene rings is 2. The fourth-order valence-corrected chi connectivity index (χ4v) is 2.35. The third-order valence-electron chi connectivity index (χ3n) is 2.92. The monoisotopic (exact) mass is 290 g/mol. The van der Waals surface area contributed by atoms with E-state index in [1.165, 1.54) is 0 Å². The van der Waals surface area contributed by atoms with E-state index in [2.05, 4.69) is 5.32 Å². The summed E-state index contributed by atoms with van der Waals surface area (Å²) in [6.45, 7) is 4.03. The summed E-state index contributed by atoms with van der Waals surface area (Å²) in [6, 6.07) is 11.7. The Morgan fingerprint density at radius 1 is 1.21 bits per heavy atom. The number of nitrogens with two attached hydrogens (primary N) is 1. The average molecular weight is 291 g/mol. The number of nitrogens with one attached hydrogen (secondary N) is 1. The number of rotatable bonds is 3. The van der Waals surface area contributed by atoms with Crippen molar-refractivity contribution in [2.24, 2.45) is 5.73 Å². The van der Waals surface area contributed by atoms with Gasteiger partial charge in [0.1, 0.15) is 4.99 Å². The van der Waals surface area contributed by atoms with Gasteiger partial charge in [-0.15, -0.1) is 0 Å².